The number of aromatic amines is 1. The molecule has 2 aromatic heterocycles. The number of halogens is 5. The summed E-state index contributed by atoms with van der Waals surface area (Å²) in [6.07, 6.45) is 4.38. The van der Waals surface area contributed by atoms with E-state index in [0.29, 0.717) is 11.8 Å². The fourth-order valence-corrected chi connectivity index (χ4v) is 3.13. The third kappa shape index (κ3) is 8.08. The van der Waals surface area contributed by atoms with E-state index in [1.54, 1.807) is 11.2 Å². The molecule has 0 saturated heterocycles. The molecule has 3 aromatic rings. The minimum Gasteiger partial charge on any atom is -0.397 e. The summed E-state index contributed by atoms with van der Waals surface area (Å²) in [5.41, 5.74) is 7.71. The Hall–Kier alpha value is -4.36. The van der Waals surface area contributed by atoms with Crippen LogP contribution in [0.3, 0.4) is 0 Å². The summed E-state index contributed by atoms with van der Waals surface area (Å²) < 4.78 is 63.5. The highest BCUT2D eigenvalue weighted by Gasteiger charge is 2.36. The molecule has 0 aliphatic carbocycles. The number of nitrogen functional groups attached to an aromatic ring is 2. The third-order valence-corrected chi connectivity index (χ3v) is 5.10. The van der Waals surface area contributed by atoms with Crippen LogP contribution in [-0.2, 0) is 6.18 Å². The van der Waals surface area contributed by atoms with E-state index in [0.717, 1.165) is 44.3 Å². The van der Waals surface area contributed by atoms with Crippen LogP contribution < -0.4 is 17.0 Å². The topological polar surface area (TPSA) is 144 Å². The molecule has 3 rings (SSSR count). The first-order chi connectivity index (χ1) is 17.9. The molecule has 0 bridgehead atoms. The van der Waals surface area contributed by atoms with Crippen LogP contribution in [0.1, 0.15) is 47.7 Å². The van der Waals surface area contributed by atoms with E-state index in [4.69, 9.17) is 11.5 Å². The second kappa shape index (κ2) is 13.3. The number of nitrogens with zero attached hydrogens (tertiary/aromatic N) is 4. The monoisotopic (exact) mass is 539 g/mol. The number of aromatic nitrogens is 4. The number of nitrogens with one attached hydrogen (secondary N) is 1. The molecule has 0 fully saturated rings. The minimum atomic E-state index is -4.74. The predicted molar refractivity (Wildman–Crippen MR) is 133 cm³/mol. The minimum absolute atomic E-state index is 0.0372. The molecule has 0 radical (unpaired) electrons. The van der Waals surface area contributed by atoms with Gasteiger partial charge in [-0.15, -0.1) is 0 Å². The highest BCUT2D eigenvalue weighted by Crippen LogP contribution is 2.29. The smallest absolute Gasteiger partial charge is 0.397 e. The van der Waals surface area contributed by atoms with Gasteiger partial charge < -0.3 is 16.4 Å². The number of anilines is 2. The van der Waals surface area contributed by atoms with Gasteiger partial charge in [-0.3, -0.25) is 9.59 Å². The highest BCUT2D eigenvalue weighted by atomic mass is 19.4. The Labute approximate surface area is 214 Å². The van der Waals surface area contributed by atoms with Crippen molar-refractivity contribution >= 4 is 23.9 Å². The molecule has 9 nitrogen and oxygen atoms in total. The van der Waals surface area contributed by atoms with Crippen LogP contribution >= 0.6 is 0 Å². The Morgan fingerprint density at radius 1 is 1.08 bits per heavy atom. The average Bonchev–Trinajstić information content (AvgIpc) is 2.84. The Morgan fingerprint density at radius 3 is 2.34 bits per heavy atom. The van der Waals surface area contributed by atoms with Gasteiger partial charge in [0.15, 0.2) is 23.7 Å². The molecule has 204 valence electrons. The molecule has 0 saturated carbocycles. The van der Waals surface area contributed by atoms with E-state index in [1.165, 1.54) is 6.07 Å². The molecule has 1 aromatic carbocycles. The van der Waals surface area contributed by atoms with E-state index in [1.807, 2.05) is 18.1 Å². The lowest BCUT2D eigenvalue weighted by atomic mass is 10.0. The standard InChI is InChI=1S/C19H22F2N4O.C5H4F3N3O/c1-3-4-5-7-25(2)8-6-13-9-15(16(20)10-14(13)12-26)19-23-11-17(21)18(22)24-19;6-5(7,8)3-2(9)1-10-11-4(3)12/h6,8-12H,3-5,7H2,1-2H3,(H2,22,23,24);1H,(H3,9,11,12)/b8-6-;. The van der Waals surface area contributed by atoms with E-state index in [2.05, 4.69) is 22.0 Å². The van der Waals surface area contributed by atoms with Crippen molar-refractivity contribution in [2.45, 2.75) is 32.4 Å². The van der Waals surface area contributed by atoms with E-state index < -0.39 is 34.6 Å². The van der Waals surface area contributed by atoms with Gasteiger partial charge in [0, 0.05) is 19.2 Å². The van der Waals surface area contributed by atoms with Gasteiger partial charge in [0.2, 0.25) is 0 Å². The first-order valence-electron chi connectivity index (χ1n) is 11.2. The summed E-state index contributed by atoms with van der Waals surface area (Å²) in [4.78, 5) is 31.4. The van der Waals surface area contributed by atoms with Crippen LogP contribution in [0.5, 0.6) is 0 Å². The van der Waals surface area contributed by atoms with Crippen LogP contribution in [0.4, 0.5) is 33.5 Å². The number of hydrogen-bond acceptors (Lipinski definition) is 8. The molecule has 38 heavy (non-hydrogen) atoms. The number of unbranched alkanes of at least 4 members (excludes halogenated alkanes) is 2. The number of carbonyl (C=O) groups excluding carboxylic acids is 1. The van der Waals surface area contributed by atoms with Gasteiger partial charge in [-0.05, 0) is 36.4 Å². The summed E-state index contributed by atoms with van der Waals surface area (Å²) in [5, 5.41) is 4.74. The third-order valence-electron chi connectivity index (χ3n) is 5.10. The maximum atomic E-state index is 14.3. The number of carbonyl (C=O) groups is 1. The number of hydrogen-bond donors (Lipinski definition) is 3. The van der Waals surface area contributed by atoms with E-state index in [-0.39, 0.29) is 22.8 Å². The molecule has 0 atom stereocenters. The molecule has 0 unspecified atom stereocenters. The largest absolute Gasteiger partial charge is 0.423 e. The number of alkyl halides is 3. The Kier molecular flexibility index (Phi) is 10.4. The molecule has 0 aliphatic heterocycles. The van der Waals surface area contributed by atoms with Crippen molar-refractivity contribution in [3.05, 3.63) is 69.4 Å². The number of rotatable bonds is 8. The summed E-state index contributed by atoms with van der Waals surface area (Å²) in [5.74, 6) is -1.84. The molecular formula is C24H26F5N7O2. The van der Waals surface area contributed by atoms with Crippen LogP contribution in [0.2, 0.25) is 0 Å². The highest BCUT2D eigenvalue weighted by molar-refractivity contribution is 5.84. The lowest BCUT2D eigenvalue weighted by Gasteiger charge is -2.13. The van der Waals surface area contributed by atoms with Gasteiger partial charge in [-0.2, -0.15) is 18.3 Å². The van der Waals surface area contributed by atoms with Crippen molar-refractivity contribution in [1.29, 1.82) is 0 Å². The second-order valence-corrected chi connectivity index (χ2v) is 8.04. The van der Waals surface area contributed by atoms with Gasteiger partial charge in [0.05, 0.1) is 23.6 Å². The van der Waals surface area contributed by atoms with Gasteiger partial charge in [-0.25, -0.2) is 23.8 Å². The SMILES string of the molecule is CCCCCN(C)/C=C\c1cc(-c2ncc(F)c(N)n2)c(F)cc1C=O.Nc1cn[nH]c(=O)c1C(F)(F)F. The van der Waals surface area contributed by atoms with Crippen LogP contribution in [0, 0.1) is 11.6 Å². The lowest BCUT2D eigenvalue weighted by Crippen LogP contribution is -2.24. The fourth-order valence-electron chi connectivity index (χ4n) is 3.13. The van der Waals surface area contributed by atoms with Gasteiger partial charge >= 0.3 is 6.18 Å². The predicted octanol–water partition coefficient (Wildman–Crippen LogP) is 4.28. The van der Waals surface area contributed by atoms with Crippen LogP contribution in [0.15, 0.2) is 35.5 Å². The van der Waals surface area contributed by atoms with Crippen molar-refractivity contribution in [3.63, 3.8) is 0 Å². The van der Waals surface area contributed by atoms with E-state index >= 15 is 0 Å². The number of benzene rings is 1. The quantitative estimate of drug-likeness (QED) is 0.219. The Morgan fingerprint density at radius 2 is 1.79 bits per heavy atom. The molecule has 2 heterocycles. The zero-order chi connectivity index (χ0) is 28.5. The summed E-state index contributed by atoms with van der Waals surface area (Å²) in [6, 6.07) is 2.57. The molecule has 0 spiro atoms. The zero-order valence-electron chi connectivity index (χ0n) is 20.5. The molecule has 0 amide bonds. The van der Waals surface area contributed by atoms with E-state index in [9.17, 15) is 31.5 Å². The lowest BCUT2D eigenvalue weighted by molar-refractivity contribution is -0.138. The Balaban J connectivity index is 0.000000352. The number of nitrogens with two attached hydrogens (primary N) is 2. The average molecular weight is 540 g/mol. The van der Waals surface area contributed by atoms with Crippen molar-refractivity contribution in [1.82, 2.24) is 25.1 Å². The van der Waals surface area contributed by atoms with Gasteiger partial charge in [-0.1, -0.05) is 19.8 Å². The zero-order valence-corrected chi connectivity index (χ0v) is 20.5. The number of aldehydes is 1. The molecule has 14 heteroatoms. The first kappa shape index (κ1) is 29.9. The van der Waals surface area contributed by atoms with Crippen molar-refractivity contribution < 1.29 is 26.7 Å². The van der Waals surface area contributed by atoms with Crippen molar-refractivity contribution in [2.24, 2.45) is 0 Å². The maximum absolute atomic E-state index is 14.3. The fraction of sp³-hybridized carbons (Fsp3) is 0.292. The van der Waals surface area contributed by atoms with Crippen molar-refractivity contribution in [3.8, 4) is 11.4 Å². The molecule has 5 N–H and O–H groups in total. The van der Waals surface area contributed by atoms with Gasteiger partial charge in [0.1, 0.15) is 11.4 Å². The normalized spacial score (nSPS) is 11.2. The number of H-pyrrole nitrogens is 1. The van der Waals surface area contributed by atoms with Gasteiger partial charge in [0.25, 0.3) is 5.56 Å². The van der Waals surface area contributed by atoms with Crippen molar-refractivity contribution in [2.75, 3.05) is 25.1 Å². The van der Waals surface area contributed by atoms with Crippen LogP contribution in [-0.4, -0.2) is 44.9 Å². The van der Waals surface area contributed by atoms with Crippen LogP contribution in [0.25, 0.3) is 17.5 Å². The molecule has 0 aliphatic rings. The summed E-state index contributed by atoms with van der Waals surface area (Å²) in [6.45, 7) is 3.02. The summed E-state index contributed by atoms with van der Waals surface area (Å²) >= 11 is 0. The second-order valence-electron chi connectivity index (χ2n) is 8.04. The first-order valence-corrected chi connectivity index (χ1v) is 11.2. The summed E-state index contributed by atoms with van der Waals surface area (Å²) in [7, 11) is 1.93. The molecular weight excluding hydrogens is 513 g/mol. The Bertz CT molecular complexity index is 1340. The maximum Gasteiger partial charge on any atom is 0.423 e.